The van der Waals surface area contributed by atoms with Gasteiger partial charge in [-0.3, -0.25) is 0 Å². The summed E-state index contributed by atoms with van der Waals surface area (Å²) in [5.41, 5.74) is 0. The molecule has 0 atom stereocenters. The summed E-state index contributed by atoms with van der Waals surface area (Å²) in [6.45, 7) is 7.07. The summed E-state index contributed by atoms with van der Waals surface area (Å²) in [6, 6.07) is 28.5. The number of hydrogen-bond donors (Lipinski definition) is 0. The van der Waals surface area contributed by atoms with Crippen molar-refractivity contribution in [3.8, 4) is 11.5 Å². The van der Waals surface area contributed by atoms with Gasteiger partial charge in [0.15, 0.2) is 0 Å². The predicted octanol–water partition coefficient (Wildman–Crippen LogP) is 7.91. The number of rotatable bonds is 4. The Hall–Kier alpha value is -2.83. The average Bonchev–Trinajstić information content (AvgIpc) is 3.51. The van der Waals surface area contributed by atoms with E-state index in [4.69, 9.17) is 9.47 Å². The molecule has 0 heterocycles. The first-order valence-electron chi connectivity index (χ1n) is 10.6. The molecule has 4 aromatic carbocycles. The van der Waals surface area contributed by atoms with Crippen LogP contribution in [0.1, 0.15) is 27.7 Å². The second-order valence-corrected chi connectivity index (χ2v) is 7.23. The molecule has 0 aliphatic rings. The van der Waals surface area contributed by atoms with E-state index in [-0.39, 0.29) is 45.4 Å². The Morgan fingerprint density at radius 1 is 0.600 bits per heavy atom. The molecule has 184 valence electrons. The van der Waals surface area contributed by atoms with Gasteiger partial charge in [-0.1, -0.05) is 0 Å². The van der Waals surface area contributed by atoms with Crippen molar-refractivity contribution in [2.24, 2.45) is 0 Å². The molecule has 35 heavy (non-hydrogen) atoms. The van der Waals surface area contributed by atoms with E-state index in [1.807, 2.05) is 72.8 Å². The van der Waals surface area contributed by atoms with Crippen molar-refractivity contribution in [3.63, 3.8) is 0 Å². The molecular formula is C28H28F4O2Ti. The Balaban J connectivity index is 0.000000468. The van der Waals surface area contributed by atoms with Crippen LogP contribution < -0.4 is 9.47 Å². The normalized spacial score (nSPS) is 9.43. The van der Waals surface area contributed by atoms with Gasteiger partial charge < -0.3 is 9.47 Å². The van der Waals surface area contributed by atoms with Gasteiger partial charge in [-0.15, -0.1) is 36.4 Å². The minimum atomic E-state index is -0.788. The predicted molar refractivity (Wildman–Crippen MR) is 126 cm³/mol. The molecule has 0 bridgehead atoms. The monoisotopic (exact) mass is 520 g/mol. The maximum atomic E-state index is 12.8. The van der Waals surface area contributed by atoms with E-state index < -0.39 is 23.3 Å². The Labute approximate surface area is 220 Å². The molecule has 0 aliphatic heterocycles. The fourth-order valence-corrected chi connectivity index (χ4v) is 2.19. The molecule has 0 radical (unpaired) electrons. The summed E-state index contributed by atoms with van der Waals surface area (Å²) in [5.74, 6) is -2.95. The minimum absolute atomic E-state index is 0. The standard InChI is InChI=1S/2C9H9F2O.2C5H5.Ti/c2*1-6(2)12-9-4-3-7(10)5-8(9)11;2*1-2-4-5-3-1;/h2*3-4,6H,1-2H3;2*1-5H;/q4*-1;+4. The van der Waals surface area contributed by atoms with E-state index >= 15 is 0 Å². The largest absolute Gasteiger partial charge is 4.00 e. The first-order chi connectivity index (χ1) is 16.2. The van der Waals surface area contributed by atoms with E-state index in [0.717, 1.165) is 12.1 Å². The first kappa shape index (κ1) is 32.2. The molecule has 0 fully saturated rings. The van der Waals surface area contributed by atoms with Crippen molar-refractivity contribution in [2.45, 2.75) is 39.9 Å². The number of benzene rings is 2. The zero-order chi connectivity index (χ0) is 25.3. The molecule has 0 spiro atoms. The van der Waals surface area contributed by atoms with Crippen molar-refractivity contribution in [2.75, 3.05) is 0 Å². The van der Waals surface area contributed by atoms with E-state index in [0.29, 0.717) is 0 Å². The second-order valence-electron chi connectivity index (χ2n) is 7.23. The Morgan fingerprint density at radius 3 is 1.11 bits per heavy atom. The molecule has 0 N–H and O–H groups in total. The van der Waals surface area contributed by atoms with Crippen LogP contribution in [0, 0.1) is 35.4 Å². The molecule has 0 saturated heterocycles. The summed E-state index contributed by atoms with van der Waals surface area (Å²) in [6.07, 6.45) is -0.253. The second kappa shape index (κ2) is 18.5. The van der Waals surface area contributed by atoms with E-state index in [1.165, 1.54) is 12.1 Å². The first-order valence-corrected chi connectivity index (χ1v) is 10.6. The third-order valence-electron chi connectivity index (χ3n) is 3.49. The van der Waals surface area contributed by atoms with Crippen LogP contribution in [0.3, 0.4) is 0 Å². The Morgan fingerprint density at radius 2 is 0.914 bits per heavy atom. The van der Waals surface area contributed by atoms with E-state index in [9.17, 15) is 17.6 Å². The van der Waals surface area contributed by atoms with Gasteiger partial charge in [0.05, 0.1) is 23.8 Å². The topological polar surface area (TPSA) is 18.5 Å². The molecule has 0 unspecified atom stereocenters. The fraction of sp³-hybridized carbons (Fsp3) is 0.214. The Kier molecular flexibility index (Phi) is 17.0. The molecule has 0 aliphatic carbocycles. The van der Waals surface area contributed by atoms with Crippen LogP contribution in [0.5, 0.6) is 11.5 Å². The van der Waals surface area contributed by atoms with Gasteiger partial charge in [0, 0.05) is 23.1 Å². The van der Waals surface area contributed by atoms with Crippen molar-refractivity contribution in [3.05, 3.63) is 120 Å². The van der Waals surface area contributed by atoms with Crippen molar-refractivity contribution in [1.29, 1.82) is 0 Å². The summed E-state index contributed by atoms with van der Waals surface area (Å²) >= 11 is 0. The van der Waals surface area contributed by atoms with Crippen LogP contribution in [0.4, 0.5) is 17.6 Å². The SMILES string of the molecule is CC(C)Oc1ccc(F)[c-]c1F.CC(C)Oc1ccc(F)[c-]c1F.[Ti+4].c1cc[cH-]c1.c1cc[cH-]c1. The van der Waals surface area contributed by atoms with Gasteiger partial charge in [-0.25, -0.2) is 41.8 Å². The summed E-state index contributed by atoms with van der Waals surface area (Å²) in [5, 5.41) is 0. The zero-order valence-electron chi connectivity index (χ0n) is 20.1. The summed E-state index contributed by atoms with van der Waals surface area (Å²) in [4.78, 5) is 0. The quantitative estimate of drug-likeness (QED) is 0.155. The maximum Gasteiger partial charge on any atom is 4.00 e. The smallest absolute Gasteiger partial charge is 0.546 e. The number of halogens is 4. The van der Waals surface area contributed by atoms with Crippen LogP contribution in [-0.4, -0.2) is 12.2 Å². The van der Waals surface area contributed by atoms with Gasteiger partial charge >= 0.3 is 21.7 Å². The minimum Gasteiger partial charge on any atom is -0.546 e. The van der Waals surface area contributed by atoms with Crippen LogP contribution in [-0.2, 0) is 21.7 Å². The third-order valence-corrected chi connectivity index (χ3v) is 3.49. The Bertz CT molecular complexity index is 899. The third kappa shape index (κ3) is 15.7. The molecular weight excluding hydrogens is 492 g/mol. The van der Waals surface area contributed by atoms with E-state index in [1.54, 1.807) is 27.7 Å². The molecule has 0 saturated carbocycles. The van der Waals surface area contributed by atoms with Crippen molar-refractivity contribution < 1.29 is 48.8 Å². The molecule has 4 rings (SSSR count). The van der Waals surface area contributed by atoms with Gasteiger partial charge in [0.1, 0.15) is 0 Å². The summed E-state index contributed by atoms with van der Waals surface area (Å²) < 4.78 is 60.3. The van der Waals surface area contributed by atoms with Crippen LogP contribution >= 0.6 is 0 Å². The maximum absolute atomic E-state index is 12.8. The van der Waals surface area contributed by atoms with E-state index in [2.05, 4.69) is 0 Å². The molecule has 0 amide bonds. The molecule has 2 nitrogen and oxygen atoms in total. The zero-order valence-corrected chi connectivity index (χ0v) is 21.6. The fourth-order valence-electron chi connectivity index (χ4n) is 2.19. The van der Waals surface area contributed by atoms with Gasteiger partial charge in [-0.2, -0.15) is 36.4 Å². The average molecular weight is 520 g/mol. The van der Waals surface area contributed by atoms with Crippen LogP contribution in [0.2, 0.25) is 0 Å². The molecule has 0 aromatic heterocycles. The van der Waals surface area contributed by atoms with Crippen LogP contribution in [0.25, 0.3) is 0 Å². The number of ether oxygens (including phenoxy) is 2. The van der Waals surface area contributed by atoms with Crippen molar-refractivity contribution >= 4 is 0 Å². The van der Waals surface area contributed by atoms with Gasteiger partial charge in [0.25, 0.3) is 0 Å². The molecule has 4 aromatic rings. The molecule has 7 heteroatoms. The number of hydrogen-bond acceptors (Lipinski definition) is 2. The van der Waals surface area contributed by atoms with Gasteiger partial charge in [-0.05, 0) is 27.7 Å². The summed E-state index contributed by atoms with van der Waals surface area (Å²) in [7, 11) is 0. The van der Waals surface area contributed by atoms with Crippen LogP contribution in [0.15, 0.2) is 84.9 Å². The van der Waals surface area contributed by atoms with Crippen molar-refractivity contribution in [1.82, 2.24) is 0 Å². The van der Waals surface area contributed by atoms with Gasteiger partial charge in [0.2, 0.25) is 0 Å².